The minimum atomic E-state index is -0.0232. The van der Waals surface area contributed by atoms with E-state index in [1.807, 2.05) is 36.4 Å². The summed E-state index contributed by atoms with van der Waals surface area (Å²) in [5, 5.41) is 3.03. The highest BCUT2D eigenvalue weighted by Crippen LogP contribution is 2.31. The average Bonchev–Trinajstić information content (AvgIpc) is 2.84. The fourth-order valence-electron chi connectivity index (χ4n) is 2.66. The van der Waals surface area contributed by atoms with Crippen molar-refractivity contribution in [3.63, 3.8) is 0 Å². The number of ether oxygens (including phenoxy) is 1. The Labute approximate surface area is 134 Å². The number of amides is 1. The maximum absolute atomic E-state index is 12.1. The molecule has 3 rings (SSSR count). The third-order valence-electron chi connectivity index (χ3n) is 3.70. The first-order valence-corrected chi connectivity index (χ1v) is 7.61. The Hall–Kier alpha value is -2.04. The standard InChI is InChI=1S/C17H17ClN2O2/c18-19-8-9-22-13-6-7-14-15(11-13)16(20-17(14)21)10-12-4-2-1-3-5-12/h1-7,11,16,19H,8-10H2,(H,20,21). The number of halogens is 1. The second kappa shape index (κ2) is 6.81. The van der Waals surface area contributed by atoms with E-state index in [0.29, 0.717) is 13.2 Å². The van der Waals surface area contributed by atoms with Crippen molar-refractivity contribution in [3.05, 3.63) is 65.2 Å². The molecule has 0 radical (unpaired) electrons. The van der Waals surface area contributed by atoms with E-state index in [0.717, 1.165) is 23.3 Å². The Balaban J connectivity index is 1.79. The molecule has 0 saturated carbocycles. The van der Waals surface area contributed by atoms with Crippen LogP contribution in [0, 0.1) is 0 Å². The summed E-state index contributed by atoms with van der Waals surface area (Å²) in [6.07, 6.45) is 0.770. The van der Waals surface area contributed by atoms with E-state index in [9.17, 15) is 4.79 Å². The molecule has 4 nitrogen and oxygen atoms in total. The van der Waals surface area contributed by atoms with Crippen LogP contribution in [0.25, 0.3) is 0 Å². The molecule has 0 spiro atoms. The number of hydrogen-bond donors (Lipinski definition) is 2. The molecule has 1 unspecified atom stereocenters. The average molecular weight is 317 g/mol. The molecule has 22 heavy (non-hydrogen) atoms. The Bertz CT molecular complexity index is 661. The molecule has 1 amide bonds. The quantitative estimate of drug-likeness (QED) is 0.636. The van der Waals surface area contributed by atoms with E-state index in [-0.39, 0.29) is 11.9 Å². The Kier molecular flexibility index (Phi) is 4.61. The summed E-state index contributed by atoms with van der Waals surface area (Å²) in [4.78, 5) is 14.6. The van der Waals surface area contributed by atoms with E-state index >= 15 is 0 Å². The van der Waals surface area contributed by atoms with E-state index < -0.39 is 0 Å². The van der Waals surface area contributed by atoms with Gasteiger partial charge in [0.15, 0.2) is 0 Å². The van der Waals surface area contributed by atoms with Crippen molar-refractivity contribution in [2.45, 2.75) is 12.5 Å². The van der Waals surface area contributed by atoms with E-state index in [4.69, 9.17) is 16.5 Å². The largest absolute Gasteiger partial charge is 0.492 e. The molecule has 1 aliphatic heterocycles. The van der Waals surface area contributed by atoms with E-state index in [1.54, 1.807) is 0 Å². The number of benzene rings is 2. The van der Waals surface area contributed by atoms with Gasteiger partial charge in [0.1, 0.15) is 12.4 Å². The van der Waals surface area contributed by atoms with Crippen molar-refractivity contribution in [2.24, 2.45) is 0 Å². The predicted octanol–water partition coefficient (Wildman–Crippen LogP) is 2.84. The molecule has 2 aromatic rings. The van der Waals surface area contributed by atoms with Gasteiger partial charge >= 0.3 is 0 Å². The van der Waals surface area contributed by atoms with Crippen LogP contribution in [0.4, 0.5) is 0 Å². The Morgan fingerprint density at radius 2 is 2.00 bits per heavy atom. The molecular formula is C17H17ClN2O2. The van der Waals surface area contributed by atoms with Crippen LogP contribution in [0.1, 0.15) is 27.5 Å². The van der Waals surface area contributed by atoms with Crippen LogP contribution in [0.5, 0.6) is 5.75 Å². The van der Waals surface area contributed by atoms with E-state index in [2.05, 4.69) is 22.3 Å². The SMILES string of the molecule is O=C1NC(Cc2ccccc2)c2cc(OCCNCl)ccc21. The number of hydrogen-bond acceptors (Lipinski definition) is 3. The van der Waals surface area contributed by atoms with Gasteiger partial charge in [-0.3, -0.25) is 4.79 Å². The normalized spacial score (nSPS) is 16.2. The number of nitrogens with one attached hydrogen (secondary N) is 2. The van der Waals surface area contributed by atoms with Crippen LogP contribution in [0.15, 0.2) is 48.5 Å². The van der Waals surface area contributed by atoms with Gasteiger partial charge < -0.3 is 10.1 Å². The lowest BCUT2D eigenvalue weighted by molar-refractivity contribution is 0.0956. The summed E-state index contributed by atoms with van der Waals surface area (Å²) >= 11 is 5.41. The van der Waals surface area contributed by atoms with Gasteiger partial charge in [0.25, 0.3) is 5.91 Å². The van der Waals surface area contributed by atoms with Gasteiger partial charge in [0.2, 0.25) is 0 Å². The summed E-state index contributed by atoms with van der Waals surface area (Å²) < 4.78 is 5.62. The topological polar surface area (TPSA) is 50.4 Å². The molecule has 1 aliphatic rings. The highest BCUT2D eigenvalue weighted by atomic mass is 35.5. The number of rotatable bonds is 6. The lowest BCUT2D eigenvalue weighted by Crippen LogP contribution is -2.20. The monoisotopic (exact) mass is 316 g/mol. The zero-order chi connectivity index (χ0) is 15.4. The molecule has 0 aromatic heterocycles. The maximum Gasteiger partial charge on any atom is 0.252 e. The van der Waals surface area contributed by atoms with Crippen LogP contribution < -0.4 is 14.9 Å². The van der Waals surface area contributed by atoms with Crippen LogP contribution in [-0.4, -0.2) is 19.1 Å². The van der Waals surface area contributed by atoms with Gasteiger partial charge in [0.05, 0.1) is 6.04 Å². The van der Waals surface area contributed by atoms with Gasteiger partial charge in [-0.05, 0) is 47.5 Å². The van der Waals surface area contributed by atoms with E-state index in [1.165, 1.54) is 5.56 Å². The van der Waals surface area contributed by atoms with Gasteiger partial charge in [-0.1, -0.05) is 30.3 Å². The predicted molar refractivity (Wildman–Crippen MR) is 86.1 cm³/mol. The zero-order valence-electron chi connectivity index (χ0n) is 12.0. The molecule has 0 saturated heterocycles. The molecule has 0 aliphatic carbocycles. The molecular weight excluding hydrogens is 300 g/mol. The fraction of sp³-hybridized carbons (Fsp3) is 0.235. The van der Waals surface area contributed by atoms with Gasteiger partial charge in [0, 0.05) is 12.1 Å². The molecule has 0 bridgehead atoms. The number of carbonyl (C=O) groups is 1. The summed E-state index contributed by atoms with van der Waals surface area (Å²) in [6.45, 7) is 1.04. The van der Waals surface area contributed by atoms with Crippen LogP contribution in [0.2, 0.25) is 0 Å². The first kappa shape index (κ1) is 14.9. The molecule has 5 heteroatoms. The van der Waals surface area contributed by atoms with Gasteiger partial charge in [-0.25, -0.2) is 4.84 Å². The van der Waals surface area contributed by atoms with Crippen molar-refractivity contribution in [3.8, 4) is 5.75 Å². The van der Waals surface area contributed by atoms with Crippen LogP contribution in [0.3, 0.4) is 0 Å². The van der Waals surface area contributed by atoms with Gasteiger partial charge in [-0.15, -0.1) is 0 Å². The first-order chi connectivity index (χ1) is 10.8. The molecule has 114 valence electrons. The van der Waals surface area contributed by atoms with Gasteiger partial charge in [-0.2, -0.15) is 0 Å². The minimum Gasteiger partial charge on any atom is -0.492 e. The third kappa shape index (κ3) is 3.24. The third-order valence-corrected chi connectivity index (χ3v) is 3.89. The van der Waals surface area contributed by atoms with Crippen LogP contribution >= 0.6 is 11.8 Å². The highest BCUT2D eigenvalue weighted by Gasteiger charge is 2.28. The van der Waals surface area contributed by atoms with Crippen molar-refractivity contribution < 1.29 is 9.53 Å². The summed E-state index contributed by atoms with van der Waals surface area (Å²) in [6, 6.07) is 15.7. The minimum absolute atomic E-state index is 0.0143. The smallest absolute Gasteiger partial charge is 0.252 e. The van der Waals surface area contributed by atoms with Crippen molar-refractivity contribution >= 4 is 17.7 Å². The lowest BCUT2D eigenvalue weighted by Gasteiger charge is -2.13. The number of carbonyl (C=O) groups excluding carboxylic acids is 1. The molecule has 1 atom stereocenters. The fourth-order valence-corrected chi connectivity index (χ4v) is 2.73. The highest BCUT2D eigenvalue weighted by molar-refractivity contribution is 6.13. The molecule has 2 aromatic carbocycles. The summed E-state index contributed by atoms with van der Waals surface area (Å²) in [5.74, 6) is 0.727. The lowest BCUT2D eigenvalue weighted by atomic mass is 9.98. The van der Waals surface area contributed by atoms with Crippen molar-refractivity contribution in [2.75, 3.05) is 13.2 Å². The second-order valence-electron chi connectivity index (χ2n) is 5.20. The summed E-state index contributed by atoms with van der Waals surface area (Å²) in [5.41, 5.74) is 2.91. The van der Waals surface area contributed by atoms with Crippen LogP contribution in [-0.2, 0) is 6.42 Å². The summed E-state index contributed by atoms with van der Waals surface area (Å²) in [7, 11) is 0. The molecule has 1 heterocycles. The number of fused-ring (bicyclic) bond motifs is 1. The second-order valence-corrected chi connectivity index (χ2v) is 5.46. The Morgan fingerprint density at radius 1 is 1.18 bits per heavy atom. The zero-order valence-corrected chi connectivity index (χ0v) is 12.8. The molecule has 0 fully saturated rings. The van der Waals surface area contributed by atoms with Crippen molar-refractivity contribution in [1.82, 2.24) is 10.2 Å². The Morgan fingerprint density at radius 3 is 2.77 bits per heavy atom. The van der Waals surface area contributed by atoms with Crippen molar-refractivity contribution in [1.29, 1.82) is 0 Å². The molecule has 2 N–H and O–H groups in total. The maximum atomic E-state index is 12.1. The first-order valence-electron chi connectivity index (χ1n) is 7.23.